The van der Waals surface area contributed by atoms with E-state index in [-0.39, 0.29) is 47.8 Å². The molecular weight excluding hydrogens is 771 g/mol. The van der Waals surface area contributed by atoms with Gasteiger partial charge in [0.2, 0.25) is 6.10 Å². The predicted molar refractivity (Wildman–Crippen MR) is 203 cm³/mol. The molecule has 0 spiro atoms. The number of carboxylic acids is 1. The SMILES string of the molecule is O=C(O)c1ccc(NC(=O)[C@@H]2c3cccc(C4=CCN(CC(O)C(O)C(O)C(O)CO)CC4)c3CCN2C(=O)[C@H]2CC(c3cccc(Cl)c3F)=NO2)cc1.O=CO. The standard InChI is InChI=1S/C38H40ClFN4O10.CH2O2/c39-27-6-2-5-26(32(27)40)28-17-31(54-42-28)37(51)44-16-13-24-23(20-11-14-43(15-12-20)18-29(46)34(48)35(49)30(47)19-45)3-1-4-25(24)33(44)36(50)41-22-9-7-21(8-10-22)38(52)53;2-1-3/h1-11,29-31,33-35,45-49H,12-19H2,(H,41,50)(H,52,53);1H,(H,2,3)/t29?,30?,31-,33+,34?,35?;/m1./s1. The van der Waals surface area contributed by atoms with Crippen LogP contribution in [0.1, 0.15) is 51.5 Å². The Kier molecular flexibility index (Phi) is 14.5. The van der Waals surface area contributed by atoms with Crippen LogP contribution < -0.4 is 5.32 Å². The van der Waals surface area contributed by atoms with Gasteiger partial charge < -0.3 is 50.8 Å². The Morgan fingerprint density at radius 2 is 1.63 bits per heavy atom. The van der Waals surface area contributed by atoms with Crippen molar-refractivity contribution < 1.29 is 64.2 Å². The molecule has 0 saturated heterocycles. The third-order valence-corrected chi connectivity index (χ3v) is 10.3. The summed E-state index contributed by atoms with van der Waals surface area (Å²) in [4.78, 5) is 56.9. The first-order chi connectivity index (χ1) is 27.3. The Hall–Kier alpha value is -5.27. The molecule has 3 aliphatic rings. The smallest absolute Gasteiger partial charge is 0.335 e. The van der Waals surface area contributed by atoms with Crippen LogP contribution >= 0.6 is 11.6 Å². The van der Waals surface area contributed by atoms with Crippen LogP contribution in [0.4, 0.5) is 10.1 Å². The maximum atomic E-state index is 14.8. The largest absolute Gasteiger partial charge is 0.483 e. The molecule has 304 valence electrons. The van der Waals surface area contributed by atoms with Gasteiger partial charge >= 0.3 is 5.97 Å². The van der Waals surface area contributed by atoms with Gasteiger partial charge in [-0.3, -0.25) is 19.3 Å². The zero-order valence-corrected chi connectivity index (χ0v) is 31.1. The van der Waals surface area contributed by atoms with Crippen LogP contribution in [-0.4, -0.2) is 139 Å². The Morgan fingerprint density at radius 3 is 2.28 bits per heavy atom. The van der Waals surface area contributed by atoms with E-state index in [0.717, 1.165) is 16.7 Å². The fourth-order valence-corrected chi connectivity index (χ4v) is 7.21. The molecule has 0 radical (unpaired) electrons. The van der Waals surface area contributed by atoms with E-state index in [9.17, 15) is 44.3 Å². The number of nitrogens with one attached hydrogen (secondary N) is 1. The zero-order valence-electron chi connectivity index (χ0n) is 30.3. The number of fused-ring (bicyclic) bond motifs is 1. The fourth-order valence-electron chi connectivity index (χ4n) is 7.03. The van der Waals surface area contributed by atoms with Crippen LogP contribution in [0.5, 0.6) is 0 Å². The number of rotatable bonds is 12. The normalized spacial score (nSPS) is 19.9. The van der Waals surface area contributed by atoms with Gasteiger partial charge in [-0.25, -0.2) is 9.18 Å². The number of aromatic carboxylic acids is 1. The van der Waals surface area contributed by atoms with Crippen molar-refractivity contribution in [3.63, 3.8) is 0 Å². The number of anilines is 1. The van der Waals surface area contributed by atoms with Crippen molar-refractivity contribution in [2.24, 2.45) is 5.16 Å². The van der Waals surface area contributed by atoms with Crippen LogP contribution in [0.3, 0.4) is 0 Å². The number of nitrogens with zero attached hydrogens (tertiary/aromatic N) is 3. The molecule has 18 heteroatoms. The van der Waals surface area contributed by atoms with Crippen molar-refractivity contribution in [2.45, 2.75) is 55.8 Å². The monoisotopic (exact) mass is 812 g/mol. The van der Waals surface area contributed by atoms with Crippen LogP contribution in [0, 0.1) is 5.82 Å². The van der Waals surface area contributed by atoms with Gasteiger partial charge in [0.05, 0.1) is 29.0 Å². The molecule has 0 bridgehead atoms. The summed E-state index contributed by atoms with van der Waals surface area (Å²) in [6.45, 7) is -0.0286. The molecule has 3 aromatic rings. The van der Waals surface area contributed by atoms with E-state index < -0.39 is 66.8 Å². The van der Waals surface area contributed by atoms with Gasteiger partial charge in [0.25, 0.3) is 18.3 Å². The Balaban J connectivity index is 0.00000200. The Labute approximate surface area is 330 Å². The summed E-state index contributed by atoms with van der Waals surface area (Å²) in [5, 5.41) is 72.4. The number of hydrogen-bond donors (Lipinski definition) is 8. The molecule has 0 aromatic heterocycles. The van der Waals surface area contributed by atoms with Gasteiger partial charge in [-0.1, -0.05) is 47.1 Å². The minimum absolute atomic E-state index is 0.00156. The minimum atomic E-state index is -1.72. The molecule has 3 aromatic carbocycles. The number of β-amino-alcohol motifs (C(OH)–C–C–N with tert-alkyl or cyclic N) is 1. The first-order valence-corrected chi connectivity index (χ1v) is 18.2. The lowest BCUT2D eigenvalue weighted by molar-refractivity contribution is -0.148. The predicted octanol–water partition coefficient (Wildman–Crippen LogP) is 1.66. The summed E-state index contributed by atoms with van der Waals surface area (Å²) in [5.41, 5.74) is 3.93. The molecule has 0 saturated carbocycles. The average molecular weight is 813 g/mol. The summed E-state index contributed by atoms with van der Waals surface area (Å²) < 4.78 is 14.8. The molecule has 6 atom stereocenters. The molecular formula is C39H42ClFN4O12. The highest BCUT2D eigenvalue weighted by Crippen LogP contribution is 2.38. The van der Waals surface area contributed by atoms with E-state index in [4.69, 9.17) is 31.4 Å². The number of amides is 2. The van der Waals surface area contributed by atoms with Crippen molar-refractivity contribution in [1.82, 2.24) is 9.80 Å². The highest BCUT2D eigenvalue weighted by molar-refractivity contribution is 6.31. The number of halogens is 2. The number of carbonyl (C=O) groups is 4. The van der Waals surface area contributed by atoms with Gasteiger partial charge in [0.15, 0.2) is 5.82 Å². The summed E-state index contributed by atoms with van der Waals surface area (Å²) in [7, 11) is 0. The molecule has 0 fully saturated rings. The van der Waals surface area contributed by atoms with Crippen molar-refractivity contribution in [2.75, 3.05) is 38.1 Å². The van der Waals surface area contributed by atoms with Crippen molar-refractivity contribution in [3.8, 4) is 0 Å². The summed E-state index contributed by atoms with van der Waals surface area (Å²) in [6.07, 6.45) is -4.70. The number of hydrogen-bond acceptors (Lipinski definition) is 12. The van der Waals surface area contributed by atoms with E-state index in [1.807, 2.05) is 17.0 Å². The minimum Gasteiger partial charge on any atom is -0.483 e. The van der Waals surface area contributed by atoms with E-state index in [1.165, 1.54) is 41.3 Å². The van der Waals surface area contributed by atoms with E-state index in [2.05, 4.69) is 10.5 Å². The molecule has 57 heavy (non-hydrogen) atoms. The third-order valence-electron chi connectivity index (χ3n) is 9.97. The maximum absolute atomic E-state index is 14.8. The van der Waals surface area contributed by atoms with Gasteiger partial charge in [-0.05, 0) is 71.5 Å². The lowest BCUT2D eigenvalue weighted by Crippen LogP contribution is -2.50. The average Bonchev–Trinajstić information content (AvgIpc) is 3.71. The number of aliphatic hydroxyl groups is 5. The van der Waals surface area contributed by atoms with Crippen LogP contribution in [-0.2, 0) is 25.6 Å². The lowest BCUT2D eigenvalue weighted by Gasteiger charge is -2.38. The maximum Gasteiger partial charge on any atom is 0.335 e. The second-order valence-electron chi connectivity index (χ2n) is 13.5. The molecule has 8 N–H and O–H groups in total. The lowest BCUT2D eigenvalue weighted by atomic mass is 9.84. The number of carboxylic acid groups (broad SMARTS) is 2. The molecule has 3 heterocycles. The third kappa shape index (κ3) is 9.82. The van der Waals surface area contributed by atoms with Crippen molar-refractivity contribution >= 4 is 52.8 Å². The van der Waals surface area contributed by atoms with Crippen molar-refractivity contribution in [1.29, 1.82) is 0 Å². The fraction of sp³-hybridized carbons (Fsp3) is 0.359. The summed E-state index contributed by atoms with van der Waals surface area (Å²) in [6, 6.07) is 14.4. The number of benzene rings is 3. The number of oxime groups is 1. The highest BCUT2D eigenvalue weighted by Gasteiger charge is 2.42. The molecule has 6 rings (SSSR count). The van der Waals surface area contributed by atoms with Crippen LogP contribution in [0.15, 0.2) is 71.9 Å². The second kappa shape index (κ2) is 19.3. The molecule has 2 amide bonds. The first kappa shape index (κ1) is 42.9. The van der Waals surface area contributed by atoms with Crippen molar-refractivity contribution in [3.05, 3.63) is 105 Å². The zero-order chi connectivity index (χ0) is 41.4. The second-order valence-corrected chi connectivity index (χ2v) is 13.9. The van der Waals surface area contributed by atoms with Crippen LogP contribution in [0.2, 0.25) is 5.02 Å². The Bertz CT molecular complexity index is 2020. The van der Waals surface area contributed by atoms with E-state index in [1.54, 1.807) is 18.2 Å². The van der Waals surface area contributed by atoms with Gasteiger partial charge in [-0.2, -0.15) is 0 Å². The van der Waals surface area contributed by atoms with Crippen LogP contribution in [0.25, 0.3) is 5.57 Å². The quantitative estimate of drug-likeness (QED) is 0.121. The number of carbonyl (C=O) groups excluding carboxylic acids is 2. The highest BCUT2D eigenvalue weighted by atomic mass is 35.5. The topological polar surface area (TPSA) is 250 Å². The van der Waals surface area contributed by atoms with Gasteiger partial charge in [0, 0.05) is 43.9 Å². The van der Waals surface area contributed by atoms with E-state index in [0.29, 0.717) is 37.2 Å². The summed E-state index contributed by atoms with van der Waals surface area (Å²) >= 11 is 5.97. The van der Waals surface area contributed by atoms with E-state index >= 15 is 0 Å². The first-order valence-electron chi connectivity index (χ1n) is 17.9. The summed E-state index contributed by atoms with van der Waals surface area (Å²) in [5.74, 6) is -2.89. The number of aliphatic hydroxyl groups excluding tert-OH is 5. The molecule has 0 aliphatic carbocycles. The molecule has 4 unspecified atom stereocenters. The van der Waals surface area contributed by atoms with Gasteiger partial charge in [0.1, 0.15) is 24.4 Å². The molecule has 3 aliphatic heterocycles. The van der Waals surface area contributed by atoms with Gasteiger partial charge in [-0.15, -0.1) is 0 Å². The molecule has 16 nitrogen and oxygen atoms in total. The Morgan fingerprint density at radius 1 is 0.965 bits per heavy atom.